The number of hydrogen-bond donors (Lipinski definition) is 1. The Balaban J connectivity index is 1.89. The Hall–Kier alpha value is -0.510. The highest BCUT2D eigenvalue weighted by Crippen LogP contribution is 2.30. The van der Waals surface area contributed by atoms with Gasteiger partial charge < -0.3 is 10.2 Å². The summed E-state index contributed by atoms with van der Waals surface area (Å²) >= 11 is 2.01. The smallest absolute Gasteiger partial charge is 0.0230 e. The fourth-order valence-corrected chi connectivity index (χ4v) is 3.45. The molecule has 0 aromatic heterocycles. The molecule has 18 heavy (non-hydrogen) atoms. The Morgan fingerprint density at radius 3 is 3.11 bits per heavy atom. The third-order valence-electron chi connectivity index (χ3n) is 3.39. The molecule has 1 heterocycles. The highest BCUT2D eigenvalue weighted by Gasteiger charge is 2.10. The van der Waals surface area contributed by atoms with E-state index < -0.39 is 0 Å². The minimum absolute atomic E-state index is 1.07. The summed E-state index contributed by atoms with van der Waals surface area (Å²) in [6.45, 7) is 3.33. The lowest BCUT2D eigenvalue weighted by Crippen LogP contribution is -2.22. The molecule has 0 atom stereocenters. The van der Waals surface area contributed by atoms with Crippen molar-refractivity contribution < 1.29 is 0 Å². The molecule has 100 valence electrons. The monoisotopic (exact) mass is 264 g/mol. The number of rotatable bonds is 6. The second-order valence-corrected chi connectivity index (χ2v) is 6.23. The molecule has 0 radical (unpaired) electrons. The molecule has 1 aromatic rings. The lowest BCUT2D eigenvalue weighted by molar-refractivity contribution is 0.321. The molecular weight excluding hydrogens is 240 g/mol. The first-order valence-corrected chi connectivity index (χ1v) is 7.86. The summed E-state index contributed by atoms with van der Waals surface area (Å²) in [7, 11) is 4.23. The molecule has 0 bridgehead atoms. The van der Waals surface area contributed by atoms with Crippen molar-refractivity contribution in [3.63, 3.8) is 0 Å². The summed E-state index contributed by atoms with van der Waals surface area (Å²) in [6.07, 6.45) is 3.81. The molecule has 0 fully saturated rings. The molecule has 0 saturated carbocycles. The van der Waals surface area contributed by atoms with Gasteiger partial charge in [0.25, 0.3) is 0 Å². The Kier molecular flexibility index (Phi) is 5.54. The first-order valence-electron chi connectivity index (χ1n) is 6.87. The number of nitrogens with zero attached hydrogens (tertiary/aromatic N) is 1. The molecule has 0 aliphatic carbocycles. The van der Waals surface area contributed by atoms with Gasteiger partial charge in [0.15, 0.2) is 0 Å². The van der Waals surface area contributed by atoms with Crippen LogP contribution in [-0.2, 0) is 13.0 Å². The first-order chi connectivity index (χ1) is 8.79. The zero-order chi connectivity index (χ0) is 12.8. The number of hydrogen-bond acceptors (Lipinski definition) is 3. The Bertz CT molecular complexity index is 379. The summed E-state index contributed by atoms with van der Waals surface area (Å²) < 4.78 is 0. The molecule has 2 rings (SSSR count). The van der Waals surface area contributed by atoms with E-state index in [1.165, 1.54) is 35.5 Å². The minimum Gasteiger partial charge on any atom is -0.320 e. The van der Waals surface area contributed by atoms with Crippen LogP contribution < -0.4 is 5.32 Å². The predicted molar refractivity (Wildman–Crippen MR) is 80.4 cm³/mol. The van der Waals surface area contributed by atoms with E-state index in [1.807, 2.05) is 18.8 Å². The molecule has 0 unspecified atom stereocenters. The minimum atomic E-state index is 1.07. The van der Waals surface area contributed by atoms with Crippen LogP contribution in [0.25, 0.3) is 0 Å². The molecule has 3 heteroatoms. The average molecular weight is 264 g/mol. The second-order valence-electron chi connectivity index (χ2n) is 5.09. The van der Waals surface area contributed by atoms with Gasteiger partial charge in [0.1, 0.15) is 0 Å². The zero-order valence-electron chi connectivity index (χ0n) is 11.5. The van der Waals surface area contributed by atoms with E-state index in [4.69, 9.17) is 0 Å². The molecule has 1 aliphatic rings. The van der Waals surface area contributed by atoms with Crippen molar-refractivity contribution in [3.05, 3.63) is 29.3 Å². The molecule has 1 N–H and O–H groups in total. The van der Waals surface area contributed by atoms with Gasteiger partial charge in [0, 0.05) is 11.4 Å². The quantitative estimate of drug-likeness (QED) is 0.795. The SMILES string of the molecule is CNCCCN(C)Cc1ccc2c(c1)CCCS2. The Morgan fingerprint density at radius 1 is 1.39 bits per heavy atom. The van der Waals surface area contributed by atoms with E-state index in [0.717, 1.165) is 19.6 Å². The molecular formula is C15H24N2S. The van der Waals surface area contributed by atoms with Crippen LogP contribution >= 0.6 is 11.8 Å². The number of aryl methyl sites for hydroxylation is 1. The summed E-state index contributed by atoms with van der Waals surface area (Å²) in [5, 5.41) is 3.20. The van der Waals surface area contributed by atoms with Gasteiger partial charge in [-0.25, -0.2) is 0 Å². The van der Waals surface area contributed by atoms with Gasteiger partial charge in [-0.1, -0.05) is 12.1 Å². The van der Waals surface area contributed by atoms with Gasteiger partial charge in [-0.05, 0) is 69.4 Å². The largest absolute Gasteiger partial charge is 0.320 e. The van der Waals surface area contributed by atoms with Crippen LogP contribution in [0.1, 0.15) is 24.0 Å². The maximum Gasteiger partial charge on any atom is 0.0230 e. The van der Waals surface area contributed by atoms with Crippen molar-refractivity contribution in [2.75, 3.05) is 32.9 Å². The van der Waals surface area contributed by atoms with E-state index in [1.54, 1.807) is 5.56 Å². The molecule has 0 saturated heterocycles. The van der Waals surface area contributed by atoms with Gasteiger partial charge in [0.05, 0.1) is 0 Å². The molecule has 0 amide bonds. The van der Waals surface area contributed by atoms with Crippen molar-refractivity contribution in [2.45, 2.75) is 30.7 Å². The first kappa shape index (κ1) is 13.9. The van der Waals surface area contributed by atoms with Crippen LogP contribution in [0.2, 0.25) is 0 Å². The van der Waals surface area contributed by atoms with Gasteiger partial charge in [-0.15, -0.1) is 11.8 Å². The number of thioether (sulfide) groups is 1. The third-order valence-corrected chi connectivity index (χ3v) is 4.59. The Morgan fingerprint density at radius 2 is 2.28 bits per heavy atom. The lowest BCUT2D eigenvalue weighted by atomic mass is 10.1. The van der Waals surface area contributed by atoms with Crippen LogP contribution in [0, 0.1) is 0 Å². The van der Waals surface area contributed by atoms with E-state index in [0.29, 0.717) is 0 Å². The third kappa shape index (κ3) is 4.01. The maximum atomic E-state index is 3.20. The van der Waals surface area contributed by atoms with Crippen molar-refractivity contribution in [1.29, 1.82) is 0 Å². The fourth-order valence-electron chi connectivity index (χ4n) is 2.43. The summed E-state index contributed by atoms with van der Waals surface area (Å²) in [4.78, 5) is 3.91. The van der Waals surface area contributed by atoms with Crippen molar-refractivity contribution >= 4 is 11.8 Å². The van der Waals surface area contributed by atoms with Crippen LogP contribution in [0.5, 0.6) is 0 Å². The van der Waals surface area contributed by atoms with Gasteiger partial charge in [-0.2, -0.15) is 0 Å². The standard InChI is InChI=1S/C15H24N2S/c1-16-8-4-9-17(2)12-13-6-7-15-14(11-13)5-3-10-18-15/h6-7,11,16H,3-5,8-10,12H2,1-2H3. The second kappa shape index (κ2) is 7.17. The van der Waals surface area contributed by atoms with Crippen molar-refractivity contribution in [1.82, 2.24) is 10.2 Å². The summed E-state index contributed by atoms with van der Waals surface area (Å²) in [5.74, 6) is 1.29. The maximum absolute atomic E-state index is 3.20. The fraction of sp³-hybridized carbons (Fsp3) is 0.600. The predicted octanol–water partition coefficient (Wildman–Crippen LogP) is 2.77. The van der Waals surface area contributed by atoms with Gasteiger partial charge >= 0.3 is 0 Å². The van der Waals surface area contributed by atoms with E-state index in [-0.39, 0.29) is 0 Å². The topological polar surface area (TPSA) is 15.3 Å². The van der Waals surface area contributed by atoms with Gasteiger partial charge in [-0.3, -0.25) is 0 Å². The normalized spacial score (nSPS) is 14.8. The molecule has 1 aliphatic heterocycles. The van der Waals surface area contributed by atoms with E-state index >= 15 is 0 Å². The molecule has 2 nitrogen and oxygen atoms in total. The van der Waals surface area contributed by atoms with Crippen molar-refractivity contribution in [3.8, 4) is 0 Å². The zero-order valence-corrected chi connectivity index (χ0v) is 12.4. The van der Waals surface area contributed by atoms with E-state index in [2.05, 4.69) is 35.5 Å². The summed E-state index contributed by atoms with van der Waals surface area (Å²) in [5.41, 5.74) is 3.02. The van der Waals surface area contributed by atoms with Gasteiger partial charge in [0.2, 0.25) is 0 Å². The lowest BCUT2D eigenvalue weighted by Gasteiger charge is -2.19. The highest BCUT2D eigenvalue weighted by atomic mass is 32.2. The Labute approximate surface area is 115 Å². The molecule has 1 aromatic carbocycles. The van der Waals surface area contributed by atoms with Crippen LogP contribution in [0.4, 0.5) is 0 Å². The summed E-state index contributed by atoms with van der Waals surface area (Å²) in [6, 6.07) is 7.03. The average Bonchev–Trinajstić information content (AvgIpc) is 2.39. The number of nitrogens with one attached hydrogen (secondary N) is 1. The van der Waals surface area contributed by atoms with Crippen LogP contribution in [-0.4, -0.2) is 37.8 Å². The highest BCUT2D eigenvalue weighted by molar-refractivity contribution is 7.99. The van der Waals surface area contributed by atoms with Crippen LogP contribution in [0.3, 0.4) is 0 Å². The van der Waals surface area contributed by atoms with Crippen molar-refractivity contribution in [2.24, 2.45) is 0 Å². The molecule has 0 spiro atoms. The van der Waals surface area contributed by atoms with E-state index in [9.17, 15) is 0 Å². The van der Waals surface area contributed by atoms with Crippen LogP contribution in [0.15, 0.2) is 23.1 Å². The number of benzene rings is 1. The number of fused-ring (bicyclic) bond motifs is 1.